The third-order valence-corrected chi connectivity index (χ3v) is 4.60. The van der Waals surface area contributed by atoms with Gasteiger partial charge in [0.2, 0.25) is 5.91 Å². The lowest BCUT2D eigenvalue weighted by Gasteiger charge is -2.43. The second-order valence-corrected chi connectivity index (χ2v) is 6.16. The second-order valence-electron chi connectivity index (χ2n) is 6.16. The van der Waals surface area contributed by atoms with Crippen molar-refractivity contribution in [2.24, 2.45) is 23.5 Å². The Morgan fingerprint density at radius 3 is 2.36 bits per heavy atom. The van der Waals surface area contributed by atoms with Gasteiger partial charge in [0.05, 0.1) is 6.61 Å². The molecule has 130 valence electrons. The Morgan fingerprint density at radius 1 is 1.23 bits per heavy atom. The van der Waals surface area contributed by atoms with Gasteiger partial charge in [0.25, 0.3) is 0 Å². The van der Waals surface area contributed by atoms with E-state index in [1.165, 1.54) is 6.42 Å². The van der Waals surface area contributed by atoms with Crippen LogP contribution in [0.4, 0.5) is 13.2 Å². The molecule has 0 spiro atoms. The van der Waals surface area contributed by atoms with Crippen molar-refractivity contribution in [1.82, 2.24) is 5.32 Å². The first kappa shape index (κ1) is 19.5. The van der Waals surface area contributed by atoms with Crippen LogP contribution in [0.1, 0.15) is 32.1 Å². The van der Waals surface area contributed by atoms with Crippen molar-refractivity contribution in [3.8, 4) is 0 Å². The largest absolute Gasteiger partial charge is 0.411 e. The molecule has 3 N–H and O–H groups in total. The minimum absolute atomic E-state index is 0. The fourth-order valence-corrected chi connectivity index (χ4v) is 3.58. The summed E-state index contributed by atoms with van der Waals surface area (Å²) in [5.41, 5.74) is 6.17. The van der Waals surface area contributed by atoms with Crippen LogP contribution in [0.2, 0.25) is 0 Å². The van der Waals surface area contributed by atoms with Crippen molar-refractivity contribution in [3.63, 3.8) is 0 Å². The number of halogens is 4. The van der Waals surface area contributed by atoms with Gasteiger partial charge < -0.3 is 15.8 Å². The van der Waals surface area contributed by atoms with Crippen LogP contribution >= 0.6 is 12.4 Å². The quantitative estimate of drug-likeness (QED) is 0.752. The molecule has 0 saturated heterocycles. The van der Waals surface area contributed by atoms with Gasteiger partial charge in [0.15, 0.2) is 0 Å². The number of carbonyl (C=O) groups is 1. The molecule has 2 fully saturated rings. The highest BCUT2D eigenvalue weighted by atomic mass is 35.5. The van der Waals surface area contributed by atoms with Gasteiger partial charge in [-0.3, -0.25) is 4.79 Å². The molecule has 2 aliphatic carbocycles. The first-order valence-corrected chi connectivity index (χ1v) is 7.54. The minimum Gasteiger partial charge on any atom is -0.370 e. The maximum Gasteiger partial charge on any atom is 0.411 e. The van der Waals surface area contributed by atoms with E-state index >= 15 is 0 Å². The van der Waals surface area contributed by atoms with E-state index in [0.717, 1.165) is 25.7 Å². The Balaban J connectivity index is 0.00000242. The van der Waals surface area contributed by atoms with E-state index in [2.05, 4.69) is 10.1 Å². The molecule has 2 rings (SSSR count). The fourth-order valence-electron chi connectivity index (χ4n) is 3.58. The van der Waals surface area contributed by atoms with Crippen LogP contribution in [0.5, 0.6) is 0 Å². The van der Waals surface area contributed by atoms with Crippen molar-refractivity contribution in [3.05, 3.63) is 0 Å². The predicted molar refractivity (Wildman–Crippen MR) is 78.7 cm³/mol. The molecular weight excluding hydrogens is 321 g/mol. The lowest BCUT2D eigenvalue weighted by Crippen LogP contribution is -2.49. The number of fused-ring (bicyclic) bond motifs is 2. The van der Waals surface area contributed by atoms with E-state index < -0.39 is 12.8 Å². The molecule has 0 aliphatic heterocycles. The van der Waals surface area contributed by atoms with Gasteiger partial charge in [-0.2, -0.15) is 13.2 Å². The van der Waals surface area contributed by atoms with E-state index in [1.54, 1.807) is 0 Å². The predicted octanol–water partition coefficient (Wildman–Crippen LogP) is 2.26. The molecule has 0 aromatic carbocycles. The smallest absolute Gasteiger partial charge is 0.370 e. The number of nitrogens with two attached hydrogens (primary N) is 1. The molecule has 2 atom stereocenters. The van der Waals surface area contributed by atoms with Gasteiger partial charge in [-0.15, -0.1) is 12.4 Å². The zero-order valence-electron chi connectivity index (χ0n) is 12.4. The number of ether oxygens (including phenoxy) is 1. The second kappa shape index (κ2) is 8.36. The molecule has 8 heteroatoms. The summed E-state index contributed by atoms with van der Waals surface area (Å²) in [7, 11) is 0. The molecule has 0 heterocycles. The fraction of sp³-hybridized carbons (Fsp3) is 0.929. The Hall–Kier alpha value is -0.530. The zero-order valence-corrected chi connectivity index (χ0v) is 13.2. The van der Waals surface area contributed by atoms with Gasteiger partial charge in [-0.1, -0.05) is 6.42 Å². The van der Waals surface area contributed by atoms with Crippen molar-refractivity contribution >= 4 is 18.3 Å². The summed E-state index contributed by atoms with van der Waals surface area (Å²) in [5, 5.41) is 2.67. The topological polar surface area (TPSA) is 64.4 Å². The molecule has 2 saturated carbocycles. The monoisotopic (exact) mass is 344 g/mol. The first-order chi connectivity index (χ1) is 9.87. The van der Waals surface area contributed by atoms with Crippen LogP contribution in [0, 0.1) is 17.8 Å². The molecular formula is C14H24ClF3N2O2. The normalized spacial score (nSPS) is 31.3. The molecule has 1 amide bonds. The number of hydrogen-bond acceptors (Lipinski definition) is 3. The summed E-state index contributed by atoms with van der Waals surface area (Å²) in [5.74, 6) is 0.696. The van der Waals surface area contributed by atoms with Crippen LogP contribution in [-0.2, 0) is 9.53 Å². The van der Waals surface area contributed by atoms with E-state index in [9.17, 15) is 18.0 Å². The van der Waals surface area contributed by atoms with Crippen LogP contribution in [-0.4, -0.2) is 37.9 Å². The average Bonchev–Trinajstić information content (AvgIpc) is 2.36. The number of nitrogens with one attached hydrogen (secondary N) is 1. The Kier molecular flexibility index (Phi) is 7.41. The number of carbonyl (C=O) groups excluding carboxylic acids is 1. The van der Waals surface area contributed by atoms with Crippen molar-refractivity contribution in [2.45, 2.75) is 44.3 Å². The van der Waals surface area contributed by atoms with E-state index in [4.69, 9.17) is 5.73 Å². The minimum atomic E-state index is -4.32. The molecule has 0 aromatic heterocycles. The molecule has 2 unspecified atom stereocenters. The zero-order chi connectivity index (χ0) is 15.5. The highest BCUT2D eigenvalue weighted by molar-refractivity contribution is 5.85. The maximum atomic E-state index is 12.1. The summed E-state index contributed by atoms with van der Waals surface area (Å²) in [6.07, 6.45) is 0.621. The molecule has 22 heavy (non-hydrogen) atoms. The third kappa shape index (κ3) is 5.59. The number of alkyl halides is 3. The lowest BCUT2D eigenvalue weighted by molar-refractivity contribution is -0.173. The standard InChI is InChI=1S/C14H23F3N2O2.ClH/c15-14(16,17)8-21-5-4-19-13(20)11-6-9-2-1-3-10(7-11)12(9)18;/h9-12H,1-8,18H2,(H,19,20);1H. The highest BCUT2D eigenvalue weighted by Crippen LogP contribution is 2.41. The molecule has 2 bridgehead atoms. The number of hydrogen-bond donors (Lipinski definition) is 2. The Labute approximate surface area is 134 Å². The Bertz CT molecular complexity index is 354. The van der Waals surface area contributed by atoms with Crippen LogP contribution in [0.15, 0.2) is 0 Å². The maximum absolute atomic E-state index is 12.1. The van der Waals surface area contributed by atoms with Gasteiger partial charge in [-0.05, 0) is 37.5 Å². The molecule has 2 aliphatic rings. The van der Waals surface area contributed by atoms with Crippen molar-refractivity contribution in [2.75, 3.05) is 19.8 Å². The van der Waals surface area contributed by atoms with Gasteiger partial charge >= 0.3 is 6.18 Å². The average molecular weight is 345 g/mol. The van der Waals surface area contributed by atoms with Gasteiger partial charge in [-0.25, -0.2) is 0 Å². The summed E-state index contributed by atoms with van der Waals surface area (Å²) >= 11 is 0. The summed E-state index contributed by atoms with van der Waals surface area (Å²) in [6, 6.07) is 0.206. The highest BCUT2D eigenvalue weighted by Gasteiger charge is 2.40. The van der Waals surface area contributed by atoms with Gasteiger partial charge in [0.1, 0.15) is 6.61 Å². The molecule has 4 nitrogen and oxygen atoms in total. The number of rotatable bonds is 5. The van der Waals surface area contributed by atoms with Crippen molar-refractivity contribution < 1.29 is 22.7 Å². The summed E-state index contributed by atoms with van der Waals surface area (Å²) < 4.78 is 40.1. The van der Waals surface area contributed by atoms with E-state index in [-0.39, 0.29) is 43.4 Å². The van der Waals surface area contributed by atoms with Crippen LogP contribution in [0.3, 0.4) is 0 Å². The first-order valence-electron chi connectivity index (χ1n) is 7.54. The lowest BCUT2D eigenvalue weighted by atomic mass is 9.65. The SMILES string of the molecule is Cl.NC1C2CCCC1CC(C(=O)NCCOCC(F)(F)F)C2. The van der Waals surface area contributed by atoms with Gasteiger partial charge in [0, 0.05) is 18.5 Å². The van der Waals surface area contributed by atoms with E-state index in [1.807, 2.05) is 0 Å². The summed E-state index contributed by atoms with van der Waals surface area (Å²) in [4.78, 5) is 12.1. The Morgan fingerprint density at radius 2 is 1.82 bits per heavy atom. The van der Waals surface area contributed by atoms with Crippen LogP contribution in [0.25, 0.3) is 0 Å². The van der Waals surface area contributed by atoms with Crippen LogP contribution < -0.4 is 11.1 Å². The molecule has 0 radical (unpaired) electrons. The van der Waals surface area contributed by atoms with Crippen molar-refractivity contribution in [1.29, 1.82) is 0 Å². The molecule has 0 aromatic rings. The third-order valence-electron chi connectivity index (χ3n) is 4.60. The van der Waals surface area contributed by atoms with E-state index in [0.29, 0.717) is 11.8 Å². The summed E-state index contributed by atoms with van der Waals surface area (Å²) in [6.45, 7) is -1.28. The number of amides is 1.